The van der Waals surface area contributed by atoms with E-state index in [2.05, 4.69) is 15.6 Å². The van der Waals surface area contributed by atoms with Crippen LogP contribution >= 0.6 is 11.3 Å². The Morgan fingerprint density at radius 3 is 3.11 bits per heavy atom. The van der Waals surface area contributed by atoms with Crippen LogP contribution in [0.4, 0.5) is 5.13 Å². The van der Waals surface area contributed by atoms with Crippen LogP contribution < -0.4 is 10.6 Å². The van der Waals surface area contributed by atoms with Gasteiger partial charge in [-0.3, -0.25) is 4.79 Å². The van der Waals surface area contributed by atoms with Gasteiger partial charge in [-0.05, 0) is 12.8 Å². The average Bonchev–Trinajstić information content (AvgIpc) is 2.97. The zero-order valence-corrected chi connectivity index (χ0v) is 11.5. The molecule has 3 N–H and O–H groups in total. The molecule has 1 aliphatic carbocycles. The first-order valence-corrected chi connectivity index (χ1v) is 7.02. The lowest BCUT2D eigenvalue weighted by atomic mass is 9.86. The van der Waals surface area contributed by atoms with Gasteiger partial charge in [-0.25, -0.2) is 4.98 Å². The summed E-state index contributed by atoms with van der Waals surface area (Å²) in [5, 5.41) is 17.8. The molecule has 0 bridgehead atoms. The Kier molecular flexibility index (Phi) is 3.87. The third-order valence-corrected chi connectivity index (χ3v) is 4.56. The summed E-state index contributed by atoms with van der Waals surface area (Å²) in [6, 6.07) is 0.0368. The van der Waals surface area contributed by atoms with Crippen LogP contribution in [0.2, 0.25) is 0 Å². The number of carbonyl (C=O) groups is 1. The number of aromatic nitrogens is 1. The predicted molar refractivity (Wildman–Crippen MR) is 72.0 cm³/mol. The number of thiazole rings is 1. The maximum absolute atomic E-state index is 12.1. The number of amides is 1. The van der Waals surface area contributed by atoms with Gasteiger partial charge in [-0.1, -0.05) is 13.3 Å². The fourth-order valence-corrected chi connectivity index (χ4v) is 3.05. The second-order valence-electron chi connectivity index (χ2n) is 5.02. The fourth-order valence-electron chi connectivity index (χ4n) is 2.39. The molecule has 1 aromatic heterocycles. The summed E-state index contributed by atoms with van der Waals surface area (Å²) < 4.78 is 0. The van der Waals surface area contributed by atoms with Crippen LogP contribution in [0, 0.1) is 5.41 Å². The van der Waals surface area contributed by atoms with Crippen molar-refractivity contribution in [3.05, 3.63) is 11.1 Å². The molecule has 1 aliphatic rings. The van der Waals surface area contributed by atoms with Crippen LogP contribution in [0.5, 0.6) is 0 Å². The minimum atomic E-state index is -0.197. The van der Waals surface area contributed by atoms with Crippen molar-refractivity contribution in [1.82, 2.24) is 10.3 Å². The minimum Gasteiger partial charge on any atom is -0.396 e. The molecule has 1 amide bonds. The van der Waals surface area contributed by atoms with Gasteiger partial charge in [0.05, 0.1) is 6.61 Å². The van der Waals surface area contributed by atoms with Crippen molar-refractivity contribution in [3.63, 3.8) is 0 Å². The minimum absolute atomic E-state index is 0.0368. The highest BCUT2D eigenvalue weighted by atomic mass is 32.1. The van der Waals surface area contributed by atoms with Gasteiger partial charge in [0, 0.05) is 23.9 Å². The Labute approximate surface area is 111 Å². The van der Waals surface area contributed by atoms with Crippen molar-refractivity contribution in [3.8, 4) is 0 Å². The highest BCUT2D eigenvalue weighted by molar-refractivity contribution is 7.13. The molecule has 2 unspecified atom stereocenters. The summed E-state index contributed by atoms with van der Waals surface area (Å²) in [5.41, 5.74) is 0.244. The van der Waals surface area contributed by atoms with E-state index in [1.165, 1.54) is 11.3 Å². The van der Waals surface area contributed by atoms with E-state index >= 15 is 0 Å². The second-order valence-corrected chi connectivity index (χ2v) is 5.88. The van der Waals surface area contributed by atoms with Gasteiger partial charge in [-0.15, -0.1) is 11.3 Å². The first kappa shape index (κ1) is 13.3. The molecule has 18 heavy (non-hydrogen) atoms. The first-order valence-electron chi connectivity index (χ1n) is 6.14. The summed E-state index contributed by atoms with van der Waals surface area (Å²) in [7, 11) is 1.78. The van der Waals surface area contributed by atoms with E-state index in [0.717, 1.165) is 24.4 Å². The van der Waals surface area contributed by atoms with Crippen LogP contribution in [0.1, 0.15) is 36.7 Å². The van der Waals surface area contributed by atoms with Crippen LogP contribution in [0.15, 0.2) is 5.38 Å². The Morgan fingerprint density at radius 1 is 1.72 bits per heavy atom. The van der Waals surface area contributed by atoms with Gasteiger partial charge in [0.1, 0.15) is 5.69 Å². The van der Waals surface area contributed by atoms with Crippen LogP contribution in [-0.4, -0.2) is 35.7 Å². The first-order chi connectivity index (χ1) is 8.59. The van der Waals surface area contributed by atoms with E-state index < -0.39 is 0 Å². The normalized spacial score (nSPS) is 27.2. The van der Waals surface area contributed by atoms with E-state index in [1.807, 2.05) is 6.92 Å². The molecule has 5 nitrogen and oxygen atoms in total. The molecule has 0 saturated heterocycles. The molecule has 100 valence electrons. The van der Waals surface area contributed by atoms with Crippen LogP contribution in [-0.2, 0) is 0 Å². The van der Waals surface area contributed by atoms with Crippen LogP contribution in [0.25, 0.3) is 0 Å². The average molecular weight is 269 g/mol. The summed E-state index contributed by atoms with van der Waals surface area (Å²) in [5.74, 6) is -0.153. The predicted octanol–water partition coefficient (Wildman–Crippen LogP) is 1.47. The maximum atomic E-state index is 12.1. The number of rotatable bonds is 4. The lowest BCUT2D eigenvalue weighted by molar-refractivity contribution is 0.0826. The standard InChI is InChI=1S/C12H19N3O2S/c1-12(7-16)5-3-4-9(12)15-10(17)8-6-18-11(13-2)14-8/h6,9,16H,3-5,7H2,1-2H3,(H,13,14)(H,15,17). The van der Waals surface area contributed by atoms with E-state index in [0.29, 0.717) is 5.69 Å². The van der Waals surface area contributed by atoms with E-state index in [9.17, 15) is 9.90 Å². The summed E-state index contributed by atoms with van der Waals surface area (Å²) >= 11 is 1.41. The van der Waals surface area contributed by atoms with Gasteiger partial charge < -0.3 is 15.7 Å². The number of hydrogen-bond acceptors (Lipinski definition) is 5. The fraction of sp³-hybridized carbons (Fsp3) is 0.667. The zero-order valence-electron chi connectivity index (χ0n) is 10.7. The number of nitrogens with one attached hydrogen (secondary N) is 2. The molecule has 0 aliphatic heterocycles. The molecule has 1 aromatic rings. The van der Waals surface area contributed by atoms with Gasteiger partial charge in [0.15, 0.2) is 5.13 Å². The SMILES string of the molecule is CNc1nc(C(=O)NC2CCCC2(C)CO)cs1. The lowest BCUT2D eigenvalue weighted by Crippen LogP contribution is -2.44. The number of anilines is 1. The van der Waals surface area contributed by atoms with Crippen molar-refractivity contribution >= 4 is 22.4 Å². The van der Waals surface area contributed by atoms with Gasteiger partial charge in [0.2, 0.25) is 0 Å². The summed E-state index contributed by atoms with van der Waals surface area (Å²) in [6.07, 6.45) is 2.92. The molecule has 1 heterocycles. The van der Waals surface area contributed by atoms with Crippen molar-refractivity contribution in [1.29, 1.82) is 0 Å². The largest absolute Gasteiger partial charge is 0.396 e. The Bertz CT molecular complexity index is 435. The lowest BCUT2D eigenvalue weighted by Gasteiger charge is -2.29. The Balaban J connectivity index is 2.03. The molecular weight excluding hydrogens is 250 g/mol. The summed E-state index contributed by atoms with van der Waals surface area (Å²) in [6.45, 7) is 2.13. The van der Waals surface area contributed by atoms with Crippen molar-refractivity contribution in [2.45, 2.75) is 32.2 Å². The second kappa shape index (κ2) is 5.24. The number of nitrogens with zero attached hydrogens (tertiary/aromatic N) is 1. The number of aliphatic hydroxyl groups is 1. The Hall–Kier alpha value is -1.14. The monoisotopic (exact) mass is 269 g/mol. The van der Waals surface area contributed by atoms with Crippen molar-refractivity contribution < 1.29 is 9.90 Å². The smallest absolute Gasteiger partial charge is 0.271 e. The van der Waals surface area contributed by atoms with Gasteiger partial charge in [0.25, 0.3) is 5.91 Å². The summed E-state index contributed by atoms with van der Waals surface area (Å²) in [4.78, 5) is 16.2. The maximum Gasteiger partial charge on any atom is 0.271 e. The molecule has 2 rings (SSSR count). The van der Waals surface area contributed by atoms with Crippen molar-refractivity contribution in [2.75, 3.05) is 19.0 Å². The van der Waals surface area contributed by atoms with Gasteiger partial charge >= 0.3 is 0 Å². The number of hydrogen-bond donors (Lipinski definition) is 3. The Morgan fingerprint density at radius 2 is 2.50 bits per heavy atom. The third-order valence-electron chi connectivity index (χ3n) is 3.70. The number of carbonyl (C=O) groups excluding carboxylic acids is 1. The topological polar surface area (TPSA) is 74.2 Å². The highest BCUT2D eigenvalue weighted by Gasteiger charge is 2.39. The molecule has 6 heteroatoms. The molecule has 1 fully saturated rings. The third kappa shape index (κ3) is 2.49. The van der Waals surface area contributed by atoms with Crippen molar-refractivity contribution in [2.24, 2.45) is 5.41 Å². The van der Waals surface area contributed by atoms with E-state index in [4.69, 9.17) is 0 Å². The molecular formula is C12H19N3O2S. The van der Waals surface area contributed by atoms with E-state index in [1.54, 1.807) is 12.4 Å². The molecule has 0 spiro atoms. The highest BCUT2D eigenvalue weighted by Crippen LogP contribution is 2.37. The molecule has 0 radical (unpaired) electrons. The molecule has 2 atom stereocenters. The van der Waals surface area contributed by atoms with Crippen LogP contribution in [0.3, 0.4) is 0 Å². The molecule has 1 saturated carbocycles. The zero-order chi connectivity index (χ0) is 13.2. The van der Waals surface area contributed by atoms with E-state index in [-0.39, 0.29) is 24.0 Å². The molecule has 0 aromatic carbocycles. The quantitative estimate of drug-likeness (QED) is 0.774. The van der Waals surface area contributed by atoms with Gasteiger partial charge in [-0.2, -0.15) is 0 Å². The number of aliphatic hydroxyl groups excluding tert-OH is 1.